The quantitative estimate of drug-likeness (QED) is 0.383. The van der Waals surface area contributed by atoms with E-state index in [2.05, 4.69) is 47.4 Å². The first kappa shape index (κ1) is 19.2. The average Bonchev–Trinajstić information content (AvgIpc) is 2.59. The van der Waals surface area contributed by atoms with Crippen molar-refractivity contribution in [3.05, 3.63) is 38.6 Å². The molecule has 0 aromatic heterocycles. The van der Waals surface area contributed by atoms with E-state index in [1.165, 1.54) is 5.56 Å². The van der Waals surface area contributed by atoms with E-state index < -0.39 is 5.97 Å². The second kappa shape index (κ2) is 7.58. The highest BCUT2D eigenvalue weighted by Gasteiger charge is 2.41. The molecule has 140 valence electrons. The zero-order valence-corrected chi connectivity index (χ0v) is 17.7. The second-order valence-electron chi connectivity index (χ2n) is 7.05. The number of hydrogen-bond acceptors (Lipinski definition) is 5. The van der Waals surface area contributed by atoms with Crippen molar-refractivity contribution in [3.8, 4) is 5.75 Å². The van der Waals surface area contributed by atoms with Gasteiger partial charge < -0.3 is 14.4 Å². The van der Waals surface area contributed by atoms with Crippen LogP contribution < -0.4 is 4.74 Å². The Morgan fingerprint density at radius 1 is 1.35 bits per heavy atom. The van der Waals surface area contributed by atoms with Gasteiger partial charge in [0, 0.05) is 18.7 Å². The van der Waals surface area contributed by atoms with Crippen LogP contribution in [0, 0.1) is 9.49 Å². The maximum absolute atomic E-state index is 12.6. The Labute approximate surface area is 167 Å². The van der Waals surface area contributed by atoms with Crippen molar-refractivity contribution in [1.29, 1.82) is 0 Å². The van der Waals surface area contributed by atoms with Gasteiger partial charge in [-0.2, -0.15) is 0 Å². The Morgan fingerprint density at radius 3 is 2.69 bits per heavy atom. The van der Waals surface area contributed by atoms with Crippen molar-refractivity contribution in [2.75, 3.05) is 13.7 Å². The molecule has 0 spiro atoms. The number of benzene rings is 1. The third-order valence-corrected chi connectivity index (χ3v) is 6.01. The van der Waals surface area contributed by atoms with Crippen LogP contribution in [0.25, 0.3) is 0 Å². The van der Waals surface area contributed by atoms with Crippen LogP contribution >= 0.6 is 22.6 Å². The Kier molecular flexibility index (Phi) is 5.60. The van der Waals surface area contributed by atoms with Crippen LogP contribution in [-0.4, -0.2) is 36.4 Å². The van der Waals surface area contributed by atoms with Crippen LogP contribution in [0.2, 0.25) is 0 Å². The molecule has 0 saturated heterocycles. The summed E-state index contributed by atoms with van der Waals surface area (Å²) in [5.74, 6) is 0.528. The highest BCUT2D eigenvalue weighted by atomic mass is 127. The SMILES string of the molecule is CCOC(=O)C1=CN2C(CC1=O)c1cc(OC)c(I)cc1CC2C(C)C. The first-order valence-electron chi connectivity index (χ1n) is 8.93. The van der Waals surface area contributed by atoms with Crippen LogP contribution in [0.4, 0.5) is 0 Å². The normalized spacial score (nSPS) is 21.8. The van der Waals surface area contributed by atoms with E-state index in [9.17, 15) is 9.59 Å². The summed E-state index contributed by atoms with van der Waals surface area (Å²) in [7, 11) is 1.66. The fraction of sp³-hybridized carbons (Fsp3) is 0.500. The molecule has 0 aliphatic carbocycles. The van der Waals surface area contributed by atoms with E-state index in [-0.39, 0.29) is 36.5 Å². The molecule has 1 aromatic carbocycles. The molecule has 6 heteroatoms. The minimum absolute atomic E-state index is 0.0669. The van der Waals surface area contributed by atoms with E-state index in [0.717, 1.165) is 21.3 Å². The molecule has 2 aliphatic rings. The Bertz CT molecular complexity index is 771. The van der Waals surface area contributed by atoms with Crippen LogP contribution in [0.15, 0.2) is 23.9 Å². The molecule has 2 heterocycles. The van der Waals surface area contributed by atoms with Gasteiger partial charge in [0.2, 0.25) is 0 Å². The summed E-state index contributed by atoms with van der Waals surface area (Å²) in [6.07, 6.45) is 2.89. The number of fused-ring (bicyclic) bond motifs is 3. The summed E-state index contributed by atoms with van der Waals surface area (Å²) in [4.78, 5) is 27.0. The predicted molar refractivity (Wildman–Crippen MR) is 107 cm³/mol. The first-order valence-corrected chi connectivity index (χ1v) is 10.0. The van der Waals surface area contributed by atoms with E-state index in [1.807, 2.05) is 6.07 Å². The molecular weight excluding hydrogens is 445 g/mol. The number of nitrogens with zero attached hydrogens (tertiary/aromatic N) is 1. The lowest BCUT2D eigenvalue weighted by atomic mass is 9.80. The Hall–Kier alpha value is -1.57. The van der Waals surface area contributed by atoms with Gasteiger partial charge in [0.25, 0.3) is 0 Å². The van der Waals surface area contributed by atoms with Crippen LogP contribution in [0.3, 0.4) is 0 Å². The number of carbonyl (C=O) groups is 2. The Balaban J connectivity index is 2.09. The van der Waals surface area contributed by atoms with E-state index in [1.54, 1.807) is 20.2 Å². The van der Waals surface area contributed by atoms with Gasteiger partial charge in [0.05, 0.1) is 23.3 Å². The summed E-state index contributed by atoms with van der Waals surface area (Å²) in [6, 6.07) is 4.37. The molecule has 0 fully saturated rings. The lowest BCUT2D eigenvalue weighted by molar-refractivity contribution is -0.140. The number of carbonyl (C=O) groups excluding carboxylic acids is 2. The highest BCUT2D eigenvalue weighted by Crippen LogP contribution is 2.43. The molecular formula is C20H24INO4. The minimum Gasteiger partial charge on any atom is -0.496 e. The molecule has 2 atom stereocenters. The van der Waals surface area contributed by atoms with Gasteiger partial charge in [-0.15, -0.1) is 0 Å². The first-order chi connectivity index (χ1) is 12.4. The van der Waals surface area contributed by atoms with Crippen molar-refractivity contribution < 1.29 is 19.1 Å². The summed E-state index contributed by atoms with van der Waals surface area (Å²) >= 11 is 2.29. The van der Waals surface area contributed by atoms with Crippen LogP contribution in [0.1, 0.15) is 44.4 Å². The predicted octanol–water partition coefficient (Wildman–Crippen LogP) is 3.64. The molecule has 0 N–H and O–H groups in total. The monoisotopic (exact) mass is 469 g/mol. The zero-order chi connectivity index (χ0) is 19.0. The molecule has 0 amide bonds. The van der Waals surface area contributed by atoms with Gasteiger partial charge in [-0.3, -0.25) is 4.79 Å². The summed E-state index contributed by atoms with van der Waals surface area (Å²) in [5.41, 5.74) is 2.54. The topological polar surface area (TPSA) is 55.8 Å². The van der Waals surface area contributed by atoms with Gasteiger partial charge in [0.1, 0.15) is 11.3 Å². The number of esters is 1. The van der Waals surface area contributed by atoms with Crippen molar-refractivity contribution in [1.82, 2.24) is 4.90 Å². The molecule has 5 nitrogen and oxygen atoms in total. The van der Waals surface area contributed by atoms with Gasteiger partial charge in [0.15, 0.2) is 5.78 Å². The molecule has 2 aliphatic heterocycles. The molecule has 2 unspecified atom stereocenters. The number of ketones is 1. The molecule has 1 aromatic rings. The number of methoxy groups -OCH3 is 1. The van der Waals surface area contributed by atoms with E-state index >= 15 is 0 Å². The largest absolute Gasteiger partial charge is 0.496 e. The lowest BCUT2D eigenvalue weighted by Gasteiger charge is -2.46. The smallest absolute Gasteiger partial charge is 0.343 e. The van der Waals surface area contributed by atoms with Crippen molar-refractivity contribution in [2.24, 2.45) is 5.92 Å². The second-order valence-corrected chi connectivity index (χ2v) is 8.22. The highest BCUT2D eigenvalue weighted by molar-refractivity contribution is 14.1. The van der Waals surface area contributed by atoms with Gasteiger partial charge in [-0.05, 0) is 65.1 Å². The average molecular weight is 469 g/mol. The van der Waals surface area contributed by atoms with Gasteiger partial charge in [-0.1, -0.05) is 13.8 Å². The van der Waals surface area contributed by atoms with Crippen LogP contribution in [-0.2, 0) is 20.7 Å². The number of hydrogen-bond donors (Lipinski definition) is 0. The maximum atomic E-state index is 12.6. The number of Topliss-reactive ketones (excluding diaryl/α,β-unsaturated/α-hetero) is 1. The van der Waals surface area contributed by atoms with Crippen molar-refractivity contribution >= 4 is 34.3 Å². The Morgan fingerprint density at radius 2 is 2.08 bits per heavy atom. The summed E-state index contributed by atoms with van der Waals surface area (Å²) in [6.45, 7) is 6.36. The molecule has 0 saturated carbocycles. The van der Waals surface area contributed by atoms with Crippen molar-refractivity contribution in [2.45, 2.75) is 45.7 Å². The molecule has 3 rings (SSSR count). The minimum atomic E-state index is -0.524. The third-order valence-electron chi connectivity index (χ3n) is 5.17. The third kappa shape index (κ3) is 3.35. The summed E-state index contributed by atoms with van der Waals surface area (Å²) < 4.78 is 11.6. The van der Waals surface area contributed by atoms with Crippen molar-refractivity contribution in [3.63, 3.8) is 0 Å². The van der Waals surface area contributed by atoms with E-state index in [0.29, 0.717) is 5.92 Å². The van der Waals surface area contributed by atoms with E-state index in [4.69, 9.17) is 9.47 Å². The zero-order valence-electron chi connectivity index (χ0n) is 15.5. The van der Waals surface area contributed by atoms with Gasteiger partial charge in [-0.25, -0.2) is 4.79 Å². The number of ether oxygens (including phenoxy) is 2. The van der Waals surface area contributed by atoms with Gasteiger partial charge >= 0.3 is 5.97 Å². The fourth-order valence-electron chi connectivity index (χ4n) is 3.84. The fourth-order valence-corrected chi connectivity index (χ4v) is 4.59. The number of halogens is 1. The lowest BCUT2D eigenvalue weighted by Crippen LogP contribution is -2.47. The standard InChI is InChI=1S/C20H24INO4/c1-5-26-20(24)14-10-22-16(11(2)3)7-12-6-15(21)19(25-4)8-13(12)17(22)9-18(14)23/h6,8,10-11,16-17H,5,7,9H2,1-4H3. The molecule has 0 bridgehead atoms. The maximum Gasteiger partial charge on any atom is 0.343 e. The number of rotatable bonds is 4. The molecule has 26 heavy (non-hydrogen) atoms. The van der Waals surface area contributed by atoms with Crippen LogP contribution in [0.5, 0.6) is 5.75 Å². The molecule has 0 radical (unpaired) electrons. The summed E-state index contributed by atoms with van der Waals surface area (Å²) in [5, 5.41) is 0.